The average molecular weight is 212 g/mol. The van der Waals surface area contributed by atoms with E-state index >= 15 is 0 Å². The van der Waals surface area contributed by atoms with Crippen LogP contribution < -0.4 is 5.73 Å². The number of rotatable bonds is 1. The van der Waals surface area contributed by atoms with Gasteiger partial charge in [0.15, 0.2) is 0 Å². The van der Waals surface area contributed by atoms with Crippen LogP contribution in [0.5, 0.6) is 0 Å². The first-order valence-corrected chi connectivity index (χ1v) is 4.80. The lowest BCUT2D eigenvalue weighted by Crippen LogP contribution is -2.14. The van der Waals surface area contributed by atoms with Crippen LogP contribution in [0.3, 0.4) is 0 Å². The molecule has 0 spiro atoms. The minimum Gasteiger partial charge on any atom is -0.366 e. The van der Waals surface area contributed by atoms with Gasteiger partial charge in [0, 0.05) is 0 Å². The molecule has 1 amide bonds. The summed E-state index contributed by atoms with van der Waals surface area (Å²) in [6.45, 7) is 6.26. The molecule has 0 bridgehead atoms. The molecule has 0 unspecified atom stereocenters. The van der Waals surface area contributed by atoms with Gasteiger partial charge in [-0.1, -0.05) is 38.4 Å². The molecule has 0 fully saturated rings. The first kappa shape index (κ1) is 11.1. The van der Waals surface area contributed by atoms with E-state index in [9.17, 15) is 4.79 Å². The van der Waals surface area contributed by atoms with Gasteiger partial charge in [0.1, 0.15) is 0 Å². The molecule has 0 radical (unpaired) electrons. The van der Waals surface area contributed by atoms with Gasteiger partial charge >= 0.3 is 0 Å². The number of nitrogens with two attached hydrogens (primary N) is 1. The molecule has 0 atom stereocenters. The summed E-state index contributed by atoms with van der Waals surface area (Å²) in [7, 11) is 0. The Hall–Kier alpha value is -1.02. The van der Waals surface area contributed by atoms with E-state index in [0.29, 0.717) is 10.6 Å². The second kappa shape index (κ2) is 3.62. The number of hydrogen-bond donors (Lipinski definition) is 1. The van der Waals surface area contributed by atoms with Crippen LogP contribution in [0.25, 0.3) is 0 Å². The van der Waals surface area contributed by atoms with Crippen molar-refractivity contribution in [2.75, 3.05) is 0 Å². The molecule has 1 aromatic carbocycles. The second-order valence-electron chi connectivity index (χ2n) is 4.31. The quantitative estimate of drug-likeness (QED) is 0.763. The maximum Gasteiger partial charge on any atom is 0.250 e. The Bertz CT molecular complexity index is 366. The smallest absolute Gasteiger partial charge is 0.250 e. The van der Waals surface area contributed by atoms with Crippen LogP contribution in [0.1, 0.15) is 36.7 Å². The lowest BCUT2D eigenvalue weighted by atomic mass is 9.86. The maximum atomic E-state index is 10.9. The molecule has 3 heteroatoms. The van der Waals surface area contributed by atoms with Crippen LogP contribution in [0.4, 0.5) is 0 Å². The number of hydrogen-bond acceptors (Lipinski definition) is 1. The van der Waals surface area contributed by atoms with E-state index in [4.69, 9.17) is 17.3 Å². The zero-order chi connectivity index (χ0) is 10.9. The summed E-state index contributed by atoms with van der Waals surface area (Å²) >= 11 is 5.93. The van der Waals surface area contributed by atoms with Gasteiger partial charge in [0.05, 0.1) is 10.6 Å². The van der Waals surface area contributed by atoms with Crippen LogP contribution in [0, 0.1) is 0 Å². The van der Waals surface area contributed by atoms with E-state index < -0.39 is 5.91 Å². The van der Waals surface area contributed by atoms with Crippen LogP contribution in [-0.4, -0.2) is 5.91 Å². The normalized spacial score (nSPS) is 11.4. The first-order chi connectivity index (χ1) is 6.32. The fourth-order valence-electron chi connectivity index (χ4n) is 1.18. The third-order valence-electron chi connectivity index (χ3n) is 2.10. The monoisotopic (exact) mass is 211 g/mol. The summed E-state index contributed by atoms with van der Waals surface area (Å²) in [5.41, 5.74) is 6.64. The molecule has 1 rings (SSSR count). The average Bonchev–Trinajstić information content (AvgIpc) is 2.01. The van der Waals surface area contributed by atoms with Gasteiger partial charge in [0.25, 0.3) is 0 Å². The Labute approximate surface area is 89.1 Å². The minimum absolute atomic E-state index is 0.0276. The minimum atomic E-state index is -0.490. The van der Waals surface area contributed by atoms with E-state index in [1.807, 2.05) is 6.07 Å². The Morgan fingerprint density at radius 3 is 2.29 bits per heavy atom. The third kappa shape index (κ3) is 2.26. The van der Waals surface area contributed by atoms with Crippen molar-refractivity contribution in [1.29, 1.82) is 0 Å². The number of amides is 1. The van der Waals surface area contributed by atoms with Gasteiger partial charge in [-0.15, -0.1) is 0 Å². The molecule has 1 aromatic rings. The maximum absolute atomic E-state index is 10.9. The third-order valence-corrected chi connectivity index (χ3v) is 2.41. The second-order valence-corrected chi connectivity index (χ2v) is 4.72. The Morgan fingerprint density at radius 1 is 1.36 bits per heavy atom. The molecule has 2 nitrogen and oxygen atoms in total. The van der Waals surface area contributed by atoms with Crippen molar-refractivity contribution in [3.63, 3.8) is 0 Å². The molecule has 0 aromatic heterocycles. The molecule has 0 saturated carbocycles. The molecule has 2 N–H and O–H groups in total. The highest BCUT2D eigenvalue weighted by atomic mass is 35.5. The van der Waals surface area contributed by atoms with Crippen molar-refractivity contribution in [3.05, 3.63) is 34.3 Å². The summed E-state index contributed by atoms with van der Waals surface area (Å²) in [6.07, 6.45) is 0. The predicted molar refractivity (Wildman–Crippen MR) is 58.7 cm³/mol. The van der Waals surface area contributed by atoms with E-state index in [-0.39, 0.29) is 5.41 Å². The van der Waals surface area contributed by atoms with Gasteiger partial charge < -0.3 is 5.73 Å². The molecule has 0 aliphatic heterocycles. The van der Waals surface area contributed by atoms with Crippen LogP contribution in [0.15, 0.2) is 18.2 Å². The summed E-state index contributed by atoms with van der Waals surface area (Å²) in [5.74, 6) is -0.490. The van der Waals surface area contributed by atoms with Crippen molar-refractivity contribution in [3.8, 4) is 0 Å². The molecular weight excluding hydrogens is 198 g/mol. The van der Waals surface area contributed by atoms with Gasteiger partial charge in [-0.2, -0.15) is 0 Å². The largest absolute Gasteiger partial charge is 0.366 e. The van der Waals surface area contributed by atoms with E-state index in [1.165, 1.54) is 0 Å². The fraction of sp³-hybridized carbons (Fsp3) is 0.364. The van der Waals surface area contributed by atoms with E-state index in [0.717, 1.165) is 5.56 Å². The van der Waals surface area contributed by atoms with Crippen molar-refractivity contribution in [1.82, 2.24) is 0 Å². The highest BCUT2D eigenvalue weighted by Crippen LogP contribution is 2.26. The zero-order valence-corrected chi connectivity index (χ0v) is 9.35. The standard InChI is InChI=1S/C11H14ClNO/c1-11(2,3)7-4-5-8(10(13)14)9(12)6-7/h4-6H,1-3H3,(H2,13,14). The Balaban J connectivity index is 3.20. The van der Waals surface area contributed by atoms with Crippen molar-refractivity contribution in [2.45, 2.75) is 26.2 Å². The van der Waals surface area contributed by atoms with Crippen molar-refractivity contribution < 1.29 is 4.79 Å². The van der Waals surface area contributed by atoms with E-state index in [2.05, 4.69) is 20.8 Å². The van der Waals surface area contributed by atoms with Gasteiger partial charge in [0.2, 0.25) is 5.91 Å². The number of carbonyl (C=O) groups is 1. The summed E-state index contributed by atoms with van der Waals surface area (Å²) in [6, 6.07) is 5.35. The topological polar surface area (TPSA) is 43.1 Å². The lowest BCUT2D eigenvalue weighted by molar-refractivity contribution is 0.100. The Kier molecular flexibility index (Phi) is 2.86. The van der Waals surface area contributed by atoms with Gasteiger partial charge in [-0.25, -0.2) is 0 Å². The molecule has 76 valence electrons. The molecule has 14 heavy (non-hydrogen) atoms. The number of benzene rings is 1. The molecule has 0 aliphatic rings. The molecule has 0 saturated heterocycles. The zero-order valence-electron chi connectivity index (χ0n) is 8.60. The van der Waals surface area contributed by atoms with Crippen LogP contribution >= 0.6 is 11.6 Å². The molecule has 0 aliphatic carbocycles. The SMILES string of the molecule is CC(C)(C)c1ccc(C(N)=O)c(Cl)c1. The number of primary amides is 1. The van der Waals surface area contributed by atoms with Crippen molar-refractivity contribution >= 4 is 17.5 Å². The summed E-state index contributed by atoms with van der Waals surface area (Å²) in [5, 5.41) is 0.421. The summed E-state index contributed by atoms with van der Waals surface area (Å²) in [4.78, 5) is 10.9. The van der Waals surface area contributed by atoms with Crippen LogP contribution in [0.2, 0.25) is 5.02 Å². The molecular formula is C11H14ClNO. The Morgan fingerprint density at radius 2 is 1.93 bits per heavy atom. The number of halogens is 1. The van der Waals surface area contributed by atoms with Gasteiger partial charge in [-0.05, 0) is 23.1 Å². The molecule has 0 heterocycles. The van der Waals surface area contributed by atoms with E-state index in [1.54, 1.807) is 12.1 Å². The fourth-order valence-corrected chi connectivity index (χ4v) is 1.46. The van der Waals surface area contributed by atoms with Gasteiger partial charge in [-0.3, -0.25) is 4.79 Å². The first-order valence-electron chi connectivity index (χ1n) is 4.42. The highest BCUT2D eigenvalue weighted by molar-refractivity contribution is 6.33. The highest BCUT2D eigenvalue weighted by Gasteiger charge is 2.16. The lowest BCUT2D eigenvalue weighted by Gasteiger charge is -2.19. The number of carbonyl (C=O) groups excluding carboxylic acids is 1. The predicted octanol–water partition coefficient (Wildman–Crippen LogP) is 2.74. The van der Waals surface area contributed by atoms with Crippen molar-refractivity contribution in [2.24, 2.45) is 5.73 Å². The summed E-state index contributed by atoms with van der Waals surface area (Å²) < 4.78 is 0. The van der Waals surface area contributed by atoms with Crippen LogP contribution in [-0.2, 0) is 5.41 Å².